The Balaban J connectivity index is 2.06. The molecule has 18 heavy (non-hydrogen) atoms. The van der Waals surface area contributed by atoms with Crippen LogP contribution in [0.1, 0.15) is 28.7 Å². The molecule has 0 saturated heterocycles. The molecule has 0 unspecified atom stereocenters. The molecule has 2 aromatic heterocycles. The lowest BCUT2D eigenvalue weighted by Crippen LogP contribution is -1.91. The number of carbonyl (C=O) groups is 1. The van der Waals surface area contributed by atoms with Gasteiger partial charge in [-0.2, -0.15) is 11.8 Å². The largest absolute Gasteiger partial charge is 0.478 e. The average Bonchev–Trinajstić information content (AvgIpc) is 2.97. The Hall–Kier alpha value is -1.27. The lowest BCUT2D eigenvalue weighted by molar-refractivity contribution is 0.0696. The fourth-order valence-corrected chi connectivity index (χ4v) is 3.14. The van der Waals surface area contributed by atoms with Crippen LogP contribution < -0.4 is 0 Å². The van der Waals surface area contributed by atoms with Gasteiger partial charge in [0.05, 0.1) is 5.56 Å². The minimum Gasteiger partial charge on any atom is -0.478 e. The number of carboxylic acids is 1. The number of furan rings is 1. The lowest BCUT2D eigenvalue weighted by atomic mass is 10.3. The highest BCUT2D eigenvalue weighted by atomic mass is 32.2. The number of aromatic nitrogens is 1. The van der Waals surface area contributed by atoms with Gasteiger partial charge >= 0.3 is 5.97 Å². The van der Waals surface area contributed by atoms with Crippen LogP contribution >= 0.6 is 23.1 Å². The van der Waals surface area contributed by atoms with Gasteiger partial charge in [-0.1, -0.05) is 6.92 Å². The molecule has 0 aliphatic rings. The quantitative estimate of drug-likeness (QED) is 0.818. The lowest BCUT2D eigenvalue weighted by Gasteiger charge is -1.94. The van der Waals surface area contributed by atoms with E-state index in [0.29, 0.717) is 11.5 Å². The summed E-state index contributed by atoms with van der Waals surface area (Å²) in [7, 11) is 0. The summed E-state index contributed by atoms with van der Waals surface area (Å²) in [5, 5.41) is 11.7. The van der Waals surface area contributed by atoms with Crippen LogP contribution in [0.3, 0.4) is 0 Å². The topological polar surface area (TPSA) is 63.3 Å². The number of nitrogens with zero attached hydrogens (tertiary/aromatic N) is 1. The first-order valence-electron chi connectivity index (χ1n) is 5.55. The van der Waals surface area contributed by atoms with Gasteiger partial charge in [-0.3, -0.25) is 0 Å². The molecular formula is C12H13NO3S2. The molecule has 4 nitrogen and oxygen atoms in total. The molecule has 0 aliphatic carbocycles. The number of hydrogen-bond donors (Lipinski definition) is 1. The summed E-state index contributed by atoms with van der Waals surface area (Å²) in [6.45, 7) is 2.15. The van der Waals surface area contributed by atoms with Gasteiger partial charge in [0.15, 0.2) is 5.76 Å². The highest BCUT2D eigenvalue weighted by Crippen LogP contribution is 2.26. The summed E-state index contributed by atoms with van der Waals surface area (Å²) in [5.74, 6) is 1.54. The number of aromatic carboxylic acids is 1. The van der Waals surface area contributed by atoms with Gasteiger partial charge in [0.25, 0.3) is 0 Å². The van der Waals surface area contributed by atoms with Crippen molar-refractivity contribution < 1.29 is 14.3 Å². The van der Waals surface area contributed by atoms with Crippen molar-refractivity contribution in [3.05, 3.63) is 28.3 Å². The zero-order valence-corrected chi connectivity index (χ0v) is 11.5. The van der Waals surface area contributed by atoms with Crippen LogP contribution in [0.25, 0.3) is 11.5 Å². The first kappa shape index (κ1) is 13.2. The molecule has 2 heterocycles. The van der Waals surface area contributed by atoms with Gasteiger partial charge in [-0.25, -0.2) is 9.78 Å². The summed E-state index contributed by atoms with van der Waals surface area (Å²) in [4.78, 5) is 15.2. The third kappa shape index (κ3) is 3.14. The minimum atomic E-state index is -0.987. The molecule has 0 radical (unpaired) electrons. The van der Waals surface area contributed by atoms with Crippen molar-refractivity contribution in [2.75, 3.05) is 5.75 Å². The predicted octanol–water partition coefficient (Wildman–Crippen LogP) is 3.74. The van der Waals surface area contributed by atoms with Crippen LogP contribution in [0.2, 0.25) is 0 Å². The molecule has 0 fully saturated rings. The van der Waals surface area contributed by atoms with Crippen molar-refractivity contribution in [2.24, 2.45) is 0 Å². The van der Waals surface area contributed by atoms with Crippen molar-refractivity contribution in [2.45, 2.75) is 19.1 Å². The van der Waals surface area contributed by atoms with Crippen LogP contribution in [0.5, 0.6) is 0 Å². The maximum Gasteiger partial charge on any atom is 0.338 e. The molecule has 2 rings (SSSR count). The summed E-state index contributed by atoms with van der Waals surface area (Å²) >= 11 is 3.42. The Morgan fingerprint density at radius 1 is 1.61 bits per heavy atom. The van der Waals surface area contributed by atoms with Crippen LogP contribution in [0.4, 0.5) is 0 Å². The van der Waals surface area contributed by atoms with E-state index in [1.807, 2.05) is 17.1 Å². The van der Waals surface area contributed by atoms with Crippen molar-refractivity contribution in [3.8, 4) is 11.5 Å². The van der Waals surface area contributed by atoms with Gasteiger partial charge in [-0.15, -0.1) is 11.3 Å². The normalized spacial score (nSPS) is 10.7. The summed E-state index contributed by atoms with van der Waals surface area (Å²) in [6.07, 6.45) is 2.39. The van der Waals surface area contributed by atoms with E-state index in [-0.39, 0.29) is 5.56 Å². The molecule has 96 valence electrons. The standard InChI is InChI=1S/C12H13NO3S2/c1-2-3-17-7-11-13-9(6-18-11)10-4-8(5-16-10)12(14)15/h4-6H,2-3,7H2,1H3,(H,14,15). The fraction of sp³-hybridized carbons (Fsp3) is 0.333. The highest BCUT2D eigenvalue weighted by molar-refractivity contribution is 7.98. The Morgan fingerprint density at radius 2 is 2.44 bits per heavy atom. The van der Waals surface area contributed by atoms with Gasteiger partial charge in [0.2, 0.25) is 0 Å². The maximum atomic E-state index is 10.7. The number of hydrogen-bond acceptors (Lipinski definition) is 5. The van der Waals surface area contributed by atoms with Gasteiger partial charge in [0.1, 0.15) is 17.0 Å². The van der Waals surface area contributed by atoms with Crippen LogP contribution in [-0.4, -0.2) is 21.8 Å². The zero-order valence-electron chi connectivity index (χ0n) is 9.88. The third-order valence-corrected chi connectivity index (χ3v) is 4.43. The molecular weight excluding hydrogens is 270 g/mol. The average molecular weight is 283 g/mol. The molecule has 0 amide bonds. The van der Waals surface area contributed by atoms with Gasteiger partial charge < -0.3 is 9.52 Å². The number of thiazole rings is 1. The van der Waals surface area contributed by atoms with E-state index < -0.39 is 5.97 Å². The molecule has 0 spiro atoms. The first-order valence-corrected chi connectivity index (χ1v) is 7.58. The predicted molar refractivity (Wildman–Crippen MR) is 73.2 cm³/mol. The Morgan fingerprint density at radius 3 is 3.11 bits per heavy atom. The fourth-order valence-electron chi connectivity index (χ4n) is 1.38. The molecule has 0 aliphatic heterocycles. The Bertz CT molecular complexity index is 533. The van der Waals surface area contributed by atoms with Crippen LogP contribution in [0.15, 0.2) is 22.1 Å². The maximum absolute atomic E-state index is 10.7. The van der Waals surface area contributed by atoms with Crippen molar-refractivity contribution in [1.29, 1.82) is 0 Å². The second-order valence-corrected chi connectivity index (χ2v) is 5.73. The zero-order chi connectivity index (χ0) is 13.0. The SMILES string of the molecule is CCCSCc1nc(-c2cc(C(=O)O)co2)cs1. The van der Waals surface area contributed by atoms with Crippen molar-refractivity contribution in [1.82, 2.24) is 4.98 Å². The monoisotopic (exact) mass is 283 g/mol. The van der Waals surface area contributed by atoms with Crippen LogP contribution in [0, 0.1) is 0 Å². The summed E-state index contributed by atoms with van der Waals surface area (Å²) < 4.78 is 5.21. The van der Waals surface area contributed by atoms with Crippen molar-refractivity contribution in [3.63, 3.8) is 0 Å². The van der Waals surface area contributed by atoms with E-state index in [2.05, 4.69) is 11.9 Å². The van der Waals surface area contributed by atoms with E-state index in [9.17, 15) is 4.79 Å². The van der Waals surface area contributed by atoms with E-state index in [1.165, 1.54) is 12.3 Å². The number of thioether (sulfide) groups is 1. The Kier molecular flexibility index (Phi) is 4.43. The Labute approximate surface area is 113 Å². The number of rotatable bonds is 6. The van der Waals surface area contributed by atoms with Crippen molar-refractivity contribution >= 4 is 29.1 Å². The van der Waals surface area contributed by atoms with Crippen LogP contribution in [-0.2, 0) is 5.75 Å². The number of carboxylic acid groups (broad SMARTS) is 1. The minimum absolute atomic E-state index is 0.153. The van der Waals surface area contributed by atoms with E-state index in [4.69, 9.17) is 9.52 Å². The first-order chi connectivity index (χ1) is 8.70. The highest BCUT2D eigenvalue weighted by Gasteiger charge is 2.12. The van der Waals surface area contributed by atoms with E-state index >= 15 is 0 Å². The molecule has 6 heteroatoms. The van der Waals surface area contributed by atoms with E-state index in [1.54, 1.807) is 11.3 Å². The second-order valence-electron chi connectivity index (χ2n) is 3.68. The summed E-state index contributed by atoms with van der Waals surface area (Å²) in [6, 6.07) is 1.50. The second kappa shape index (κ2) is 6.06. The molecule has 1 N–H and O–H groups in total. The molecule has 2 aromatic rings. The molecule has 0 saturated carbocycles. The molecule has 0 bridgehead atoms. The van der Waals surface area contributed by atoms with E-state index in [0.717, 1.165) is 22.9 Å². The summed E-state index contributed by atoms with van der Waals surface area (Å²) in [5.41, 5.74) is 0.861. The smallest absolute Gasteiger partial charge is 0.338 e. The van der Waals surface area contributed by atoms with Gasteiger partial charge in [-0.05, 0) is 12.2 Å². The molecule has 0 aromatic carbocycles. The molecule has 0 atom stereocenters. The third-order valence-electron chi connectivity index (χ3n) is 2.22. The van der Waals surface area contributed by atoms with Gasteiger partial charge in [0, 0.05) is 17.2 Å².